The molecule has 2 rings (SSSR count). The Morgan fingerprint density at radius 2 is 2.18 bits per heavy atom. The number of aromatic nitrogens is 1. The van der Waals surface area contributed by atoms with Gasteiger partial charge in [-0.1, -0.05) is 5.16 Å². The minimum absolute atomic E-state index is 0.428. The molecule has 1 aromatic rings. The summed E-state index contributed by atoms with van der Waals surface area (Å²) >= 11 is 0. The van der Waals surface area contributed by atoms with Gasteiger partial charge in [0.05, 0.1) is 11.3 Å². The topological polar surface area (TPSA) is 91.8 Å². The van der Waals surface area contributed by atoms with E-state index in [0.717, 1.165) is 5.71 Å². The Hall–Kier alpha value is -2.11. The lowest BCUT2D eigenvalue weighted by Gasteiger charge is -2.29. The molecule has 0 spiro atoms. The zero-order valence-electron chi connectivity index (χ0n) is 9.33. The van der Waals surface area contributed by atoms with Crippen LogP contribution in [-0.2, 0) is 0 Å². The predicted octanol–water partition coefficient (Wildman–Crippen LogP) is 0.611. The first-order chi connectivity index (χ1) is 8.22. The number of oxime groups is 1. The second kappa shape index (κ2) is 4.82. The highest BCUT2D eigenvalue weighted by molar-refractivity contribution is 5.98. The van der Waals surface area contributed by atoms with E-state index in [4.69, 9.17) is 10.9 Å². The number of pyridine rings is 1. The van der Waals surface area contributed by atoms with Gasteiger partial charge >= 0.3 is 0 Å². The molecule has 3 N–H and O–H groups in total. The number of carbonyl (C=O) groups excluding carboxylic acids is 1. The van der Waals surface area contributed by atoms with E-state index in [0.29, 0.717) is 37.3 Å². The van der Waals surface area contributed by atoms with E-state index in [1.165, 1.54) is 0 Å². The predicted molar refractivity (Wildman–Crippen MR) is 63.4 cm³/mol. The highest BCUT2D eigenvalue weighted by Crippen LogP contribution is 2.20. The molecule has 90 valence electrons. The fourth-order valence-electron chi connectivity index (χ4n) is 1.92. The number of rotatable bonds is 2. The van der Waals surface area contributed by atoms with Crippen molar-refractivity contribution in [2.75, 3.05) is 18.0 Å². The van der Waals surface area contributed by atoms with E-state index in [9.17, 15) is 4.79 Å². The fraction of sp³-hybridized carbons (Fsp3) is 0.364. The molecule has 6 nitrogen and oxygen atoms in total. The van der Waals surface area contributed by atoms with Crippen molar-refractivity contribution in [3.05, 3.63) is 23.9 Å². The van der Waals surface area contributed by atoms with Crippen LogP contribution in [0.25, 0.3) is 0 Å². The SMILES string of the molecule is NC(=O)c1cccnc1N1CCC(=NO)CC1. The molecule has 1 aromatic heterocycles. The maximum absolute atomic E-state index is 11.3. The van der Waals surface area contributed by atoms with E-state index in [-0.39, 0.29) is 0 Å². The van der Waals surface area contributed by atoms with Gasteiger partial charge in [-0.25, -0.2) is 4.98 Å². The molecule has 1 saturated heterocycles. The molecule has 1 aliphatic heterocycles. The highest BCUT2D eigenvalue weighted by Gasteiger charge is 2.20. The first kappa shape index (κ1) is 11.4. The Balaban J connectivity index is 2.21. The molecular formula is C11H14N4O2. The second-order valence-electron chi connectivity index (χ2n) is 3.89. The van der Waals surface area contributed by atoms with Crippen LogP contribution < -0.4 is 10.6 Å². The minimum atomic E-state index is -0.477. The van der Waals surface area contributed by atoms with Gasteiger partial charge in [-0.2, -0.15) is 0 Å². The molecule has 0 unspecified atom stereocenters. The number of anilines is 1. The zero-order valence-corrected chi connectivity index (χ0v) is 9.33. The van der Waals surface area contributed by atoms with Crippen LogP contribution in [0.5, 0.6) is 0 Å². The Labute approximate surface area is 98.7 Å². The number of primary amides is 1. The third-order valence-corrected chi connectivity index (χ3v) is 2.83. The summed E-state index contributed by atoms with van der Waals surface area (Å²) in [6, 6.07) is 3.36. The van der Waals surface area contributed by atoms with Crippen LogP contribution in [0.4, 0.5) is 5.82 Å². The number of hydrogen-bond donors (Lipinski definition) is 2. The zero-order chi connectivity index (χ0) is 12.3. The van der Waals surface area contributed by atoms with Gasteiger partial charge < -0.3 is 15.8 Å². The largest absolute Gasteiger partial charge is 0.411 e. The summed E-state index contributed by atoms with van der Waals surface area (Å²) in [6.45, 7) is 1.35. The van der Waals surface area contributed by atoms with Crippen molar-refractivity contribution in [3.8, 4) is 0 Å². The summed E-state index contributed by atoms with van der Waals surface area (Å²) in [5.74, 6) is 0.131. The second-order valence-corrected chi connectivity index (χ2v) is 3.89. The molecule has 0 bridgehead atoms. The Bertz CT molecular complexity index is 449. The van der Waals surface area contributed by atoms with Crippen LogP contribution in [0.1, 0.15) is 23.2 Å². The molecule has 0 atom stereocenters. The lowest BCUT2D eigenvalue weighted by atomic mass is 10.1. The average molecular weight is 234 g/mol. The monoisotopic (exact) mass is 234 g/mol. The van der Waals surface area contributed by atoms with Gasteiger partial charge in [0.25, 0.3) is 5.91 Å². The van der Waals surface area contributed by atoms with Crippen molar-refractivity contribution in [1.82, 2.24) is 4.98 Å². The van der Waals surface area contributed by atoms with E-state index in [1.54, 1.807) is 18.3 Å². The molecule has 1 aliphatic rings. The Morgan fingerprint density at radius 1 is 1.47 bits per heavy atom. The average Bonchev–Trinajstić information content (AvgIpc) is 2.39. The van der Waals surface area contributed by atoms with Gasteiger partial charge in [-0.3, -0.25) is 4.79 Å². The van der Waals surface area contributed by atoms with Crippen molar-refractivity contribution in [3.63, 3.8) is 0 Å². The van der Waals surface area contributed by atoms with Crippen molar-refractivity contribution in [1.29, 1.82) is 0 Å². The standard InChI is InChI=1S/C11H14N4O2/c12-10(16)9-2-1-5-13-11(9)15-6-3-8(14-17)4-7-15/h1-2,5,17H,3-4,6-7H2,(H2,12,16). The van der Waals surface area contributed by atoms with Crippen LogP contribution >= 0.6 is 0 Å². The Kier molecular flexibility index (Phi) is 3.22. The quantitative estimate of drug-likeness (QED) is 0.579. The van der Waals surface area contributed by atoms with Crippen LogP contribution in [0.3, 0.4) is 0 Å². The first-order valence-corrected chi connectivity index (χ1v) is 5.42. The molecule has 0 saturated carbocycles. The molecule has 0 radical (unpaired) electrons. The summed E-state index contributed by atoms with van der Waals surface area (Å²) in [4.78, 5) is 17.5. The van der Waals surface area contributed by atoms with Crippen LogP contribution in [-0.4, -0.2) is 34.9 Å². The van der Waals surface area contributed by atoms with Gasteiger partial charge in [-0.15, -0.1) is 0 Å². The number of amides is 1. The molecule has 1 amide bonds. The van der Waals surface area contributed by atoms with Gasteiger partial charge in [0.15, 0.2) is 0 Å². The van der Waals surface area contributed by atoms with E-state index >= 15 is 0 Å². The molecule has 2 heterocycles. The van der Waals surface area contributed by atoms with Gasteiger partial charge in [0, 0.05) is 32.1 Å². The summed E-state index contributed by atoms with van der Waals surface area (Å²) < 4.78 is 0. The lowest BCUT2D eigenvalue weighted by molar-refractivity contribution is 0.100. The smallest absolute Gasteiger partial charge is 0.252 e. The maximum atomic E-state index is 11.3. The number of nitrogens with zero attached hydrogens (tertiary/aromatic N) is 3. The summed E-state index contributed by atoms with van der Waals surface area (Å²) in [5.41, 5.74) is 6.51. The summed E-state index contributed by atoms with van der Waals surface area (Å²) in [7, 11) is 0. The van der Waals surface area contributed by atoms with Gasteiger partial charge in [0.1, 0.15) is 5.82 Å². The maximum Gasteiger partial charge on any atom is 0.252 e. The van der Waals surface area contributed by atoms with Crippen LogP contribution in [0, 0.1) is 0 Å². The van der Waals surface area contributed by atoms with E-state index < -0.39 is 5.91 Å². The number of hydrogen-bond acceptors (Lipinski definition) is 5. The van der Waals surface area contributed by atoms with Crippen molar-refractivity contribution >= 4 is 17.4 Å². The minimum Gasteiger partial charge on any atom is -0.411 e. The number of nitrogens with two attached hydrogens (primary N) is 1. The Morgan fingerprint density at radius 3 is 2.76 bits per heavy atom. The first-order valence-electron chi connectivity index (χ1n) is 5.42. The third kappa shape index (κ3) is 2.35. The van der Waals surface area contributed by atoms with E-state index in [2.05, 4.69) is 10.1 Å². The highest BCUT2D eigenvalue weighted by atomic mass is 16.4. The lowest BCUT2D eigenvalue weighted by Crippen LogP contribution is -2.36. The summed E-state index contributed by atoms with van der Waals surface area (Å²) in [5, 5.41) is 11.9. The molecule has 6 heteroatoms. The molecule has 0 aliphatic carbocycles. The molecule has 0 aromatic carbocycles. The van der Waals surface area contributed by atoms with Crippen molar-refractivity contribution in [2.24, 2.45) is 10.9 Å². The normalized spacial score (nSPS) is 15.8. The van der Waals surface area contributed by atoms with Crippen molar-refractivity contribution < 1.29 is 10.0 Å². The molecule has 17 heavy (non-hydrogen) atoms. The van der Waals surface area contributed by atoms with Crippen LogP contribution in [0.2, 0.25) is 0 Å². The number of piperidine rings is 1. The fourth-order valence-corrected chi connectivity index (χ4v) is 1.92. The molecule has 1 fully saturated rings. The van der Waals surface area contributed by atoms with Gasteiger partial charge in [-0.05, 0) is 12.1 Å². The number of carbonyl (C=O) groups is 1. The third-order valence-electron chi connectivity index (χ3n) is 2.83. The summed E-state index contributed by atoms with van der Waals surface area (Å²) in [6.07, 6.45) is 2.98. The van der Waals surface area contributed by atoms with E-state index in [1.807, 2.05) is 4.90 Å². The molecular weight excluding hydrogens is 220 g/mol. The van der Waals surface area contributed by atoms with Crippen molar-refractivity contribution in [2.45, 2.75) is 12.8 Å². The van der Waals surface area contributed by atoms with Gasteiger partial charge in [0.2, 0.25) is 0 Å². The van der Waals surface area contributed by atoms with Crippen LogP contribution in [0.15, 0.2) is 23.5 Å².